The minimum atomic E-state index is 0.0596. The molecular weight excluding hydrogens is 400 g/mol. The molecule has 2 heterocycles. The fraction of sp³-hybridized carbons (Fsp3) is 0.423. The largest absolute Gasteiger partial charge is 0.619 e. The third kappa shape index (κ3) is 4.19. The lowest BCUT2D eigenvalue weighted by atomic mass is 10.1. The summed E-state index contributed by atoms with van der Waals surface area (Å²) >= 11 is 0. The molecule has 166 valence electrons. The SMILES string of the molecule is CCC(c1nc2c(c(=O)n1Cc1ccccc1)CCC2)N(Cc1cc[n+]([O-])cc1)C1CC1. The van der Waals surface area contributed by atoms with Crippen molar-refractivity contribution in [2.24, 2.45) is 0 Å². The van der Waals surface area contributed by atoms with Gasteiger partial charge in [0.05, 0.1) is 18.3 Å². The van der Waals surface area contributed by atoms with Gasteiger partial charge < -0.3 is 5.21 Å². The molecule has 32 heavy (non-hydrogen) atoms. The van der Waals surface area contributed by atoms with Crippen molar-refractivity contribution in [2.45, 2.75) is 70.6 Å². The van der Waals surface area contributed by atoms with E-state index in [0.29, 0.717) is 12.6 Å². The highest BCUT2D eigenvalue weighted by Gasteiger charge is 2.36. The van der Waals surface area contributed by atoms with E-state index >= 15 is 0 Å². The molecule has 5 rings (SSSR count). The average Bonchev–Trinajstić information content (AvgIpc) is 3.55. The molecule has 0 N–H and O–H groups in total. The van der Waals surface area contributed by atoms with Crippen LogP contribution >= 0.6 is 0 Å². The predicted molar refractivity (Wildman–Crippen MR) is 123 cm³/mol. The highest BCUT2D eigenvalue weighted by molar-refractivity contribution is 5.26. The molecule has 2 aliphatic rings. The molecule has 1 fully saturated rings. The minimum Gasteiger partial charge on any atom is -0.619 e. The Hall–Kier alpha value is -2.99. The van der Waals surface area contributed by atoms with Crippen molar-refractivity contribution in [1.29, 1.82) is 0 Å². The fourth-order valence-corrected chi connectivity index (χ4v) is 4.95. The quantitative estimate of drug-likeness (QED) is 0.405. The Bertz CT molecular complexity index is 1140. The average molecular weight is 431 g/mol. The third-order valence-corrected chi connectivity index (χ3v) is 6.74. The summed E-state index contributed by atoms with van der Waals surface area (Å²) in [6.07, 6.45) is 9.06. The van der Waals surface area contributed by atoms with Crippen molar-refractivity contribution in [3.63, 3.8) is 0 Å². The van der Waals surface area contributed by atoms with Crippen LogP contribution in [0.3, 0.4) is 0 Å². The summed E-state index contributed by atoms with van der Waals surface area (Å²) in [7, 11) is 0. The number of rotatable bonds is 8. The van der Waals surface area contributed by atoms with Crippen molar-refractivity contribution in [3.05, 3.63) is 98.6 Å². The first-order chi connectivity index (χ1) is 15.6. The van der Waals surface area contributed by atoms with Crippen LogP contribution in [0.1, 0.15) is 66.9 Å². The van der Waals surface area contributed by atoms with Gasteiger partial charge >= 0.3 is 0 Å². The van der Waals surface area contributed by atoms with E-state index in [1.54, 1.807) is 12.4 Å². The van der Waals surface area contributed by atoms with E-state index in [9.17, 15) is 10.0 Å². The van der Waals surface area contributed by atoms with Gasteiger partial charge in [-0.25, -0.2) is 4.98 Å². The zero-order valence-corrected chi connectivity index (χ0v) is 18.6. The zero-order chi connectivity index (χ0) is 22.1. The highest BCUT2D eigenvalue weighted by atomic mass is 16.5. The molecule has 0 bridgehead atoms. The van der Waals surface area contributed by atoms with Crippen LogP contribution in [0.25, 0.3) is 0 Å². The van der Waals surface area contributed by atoms with Crippen LogP contribution in [-0.4, -0.2) is 20.5 Å². The van der Waals surface area contributed by atoms with Crippen molar-refractivity contribution >= 4 is 0 Å². The van der Waals surface area contributed by atoms with E-state index in [-0.39, 0.29) is 11.6 Å². The maximum atomic E-state index is 13.6. The Morgan fingerprint density at radius 3 is 2.56 bits per heavy atom. The van der Waals surface area contributed by atoms with Gasteiger partial charge in [-0.2, -0.15) is 4.73 Å². The summed E-state index contributed by atoms with van der Waals surface area (Å²) in [4.78, 5) is 21.2. The van der Waals surface area contributed by atoms with E-state index in [1.165, 1.54) is 12.8 Å². The first-order valence-electron chi connectivity index (χ1n) is 11.7. The van der Waals surface area contributed by atoms with E-state index in [4.69, 9.17) is 4.98 Å². The maximum absolute atomic E-state index is 13.6. The van der Waals surface area contributed by atoms with Gasteiger partial charge in [0.15, 0.2) is 12.4 Å². The van der Waals surface area contributed by atoms with E-state index < -0.39 is 0 Å². The van der Waals surface area contributed by atoms with Gasteiger partial charge in [-0.1, -0.05) is 37.3 Å². The lowest BCUT2D eigenvalue weighted by Gasteiger charge is -2.32. The number of fused-ring (bicyclic) bond motifs is 1. The number of aryl methyl sites for hydroxylation is 1. The number of hydrogen-bond acceptors (Lipinski definition) is 4. The summed E-state index contributed by atoms with van der Waals surface area (Å²) in [6.45, 7) is 3.48. The van der Waals surface area contributed by atoms with Gasteiger partial charge in [0.1, 0.15) is 5.82 Å². The molecule has 2 aromatic heterocycles. The Labute approximate surface area is 188 Å². The Morgan fingerprint density at radius 1 is 1.12 bits per heavy atom. The molecule has 0 spiro atoms. The fourth-order valence-electron chi connectivity index (χ4n) is 4.95. The molecule has 1 saturated carbocycles. The zero-order valence-electron chi connectivity index (χ0n) is 18.6. The summed E-state index contributed by atoms with van der Waals surface area (Å²) in [5, 5.41) is 11.5. The predicted octanol–water partition coefficient (Wildman–Crippen LogP) is 3.53. The molecule has 0 amide bonds. The second-order valence-electron chi connectivity index (χ2n) is 9.02. The Balaban J connectivity index is 1.56. The Kier molecular flexibility index (Phi) is 5.79. The standard InChI is InChI=1S/C26H30N4O2/c1-2-24(29(21-11-12-21)17-20-13-15-28(32)16-14-20)25-27-23-10-6-9-22(23)26(31)30(25)18-19-7-4-3-5-8-19/h3-5,7-8,13-16,21,24H,2,6,9-12,17-18H2,1H3. The van der Waals surface area contributed by atoms with Gasteiger partial charge in [0.2, 0.25) is 0 Å². The molecule has 1 atom stereocenters. The van der Waals surface area contributed by atoms with Crippen LogP contribution in [0.5, 0.6) is 0 Å². The molecule has 2 aliphatic carbocycles. The second kappa shape index (κ2) is 8.87. The van der Waals surface area contributed by atoms with Crippen LogP contribution in [0, 0.1) is 5.21 Å². The highest BCUT2D eigenvalue weighted by Crippen LogP contribution is 2.37. The van der Waals surface area contributed by atoms with Crippen LogP contribution < -0.4 is 10.3 Å². The first kappa shape index (κ1) is 20.9. The smallest absolute Gasteiger partial charge is 0.257 e. The van der Waals surface area contributed by atoms with E-state index in [0.717, 1.165) is 65.2 Å². The van der Waals surface area contributed by atoms with Crippen LogP contribution in [-0.2, 0) is 25.9 Å². The number of benzene rings is 1. The van der Waals surface area contributed by atoms with Gasteiger partial charge in [-0.15, -0.1) is 0 Å². The van der Waals surface area contributed by atoms with Crippen molar-refractivity contribution in [2.75, 3.05) is 0 Å². The van der Waals surface area contributed by atoms with Crippen LogP contribution in [0.2, 0.25) is 0 Å². The molecular formula is C26H30N4O2. The molecule has 3 aromatic rings. The first-order valence-corrected chi connectivity index (χ1v) is 11.7. The summed E-state index contributed by atoms with van der Waals surface area (Å²) in [6, 6.07) is 14.5. The van der Waals surface area contributed by atoms with Crippen molar-refractivity contribution < 1.29 is 4.73 Å². The van der Waals surface area contributed by atoms with Gasteiger partial charge in [-0.3, -0.25) is 14.3 Å². The number of hydrogen-bond donors (Lipinski definition) is 0. The van der Waals surface area contributed by atoms with Crippen molar-refractivity contribution in [1.82, 2.24) is 14.5 Å². The monoisotopic (exact) mass is 430 g/mol. The molecule has 0 saturated heterocycles. The van der Waals surface area contributed by atoms with Gasteiger partial charge in [0, 0.05) is 30.3 Å². The molecule has 0 aliphatic heterocycles. The summed E-state index contributed by atoms with van der Waals surface area (Å²) in [5.41, 5.74) is 4.26. The molecule has 6 nitrogen and oxygen atoms in total. The normalized spacial score (nSPS) is 16.3. The maximum Gasteiger partial charge on any atom is 0.257 e. The van der Waals surface area contributed by atoms with Crippen molar-refractivity contribution in [3.8, 4) is 0 Å². The van der Waals surface area contributed by atoms with E-state index in [2.05, 4.69) is 24.0 Å². The lowest BCUT2D eigenvalue weighted by molar-refractivity contribution is -0.605. The van der Waals surface area contributed by atoms with Crippen LogP contribution in [0.15, 0.2) is 59.7 Å². The molecule has 1 unspecified atom stereocenters. The van der Waals surface area contributed by atoms with E-state index in [1.807, 2.05) is 34.9 Å². The number of aromatic nitrogens is 3. The van der Waals surface area contributed by atoms with Gasteiger partial charge in [-0.05, 0) is 49.7 Å². The minimum absolute atomic E-state index is 0.0596. The summed E-state index contributed by atoms with van der Waals surface area (Å²) < 4.78 is 2.75. The Morgan fingerprint density at radius 2 is 1.88 bits per heavy atom. The third-order valence-electron chi connectivity index (χ3n) is 6.74. The topological polar surface area (TPSA) is 65.1 Å². The second-order valence-corrected chi connectivity index (χ2v) is 9.02. The molecule has 0 radical (unpaired) electrons. The molecule has 1 aromatic carbocycles. The number of nitrogens with zero attached hydrogens (tertiary/aromatic N) is 4. The molecule has 6 heteroatoms. The number of pyridine rings is 1. The summed E-state index contributed by atoms with van der Waals surface area (Å²) in [5.74, 6) is 0.892. The van der Waals surface area contributed by atoms with Gasteiger partial charge in [0.25, 0.3) is 5.56 Å². The van der Waals surface area contributed by atoms with Crippen LogP contribution in [0.4, 0.5) is 0 Å². The lowest BCUT2D eigenvalue weighted by Crippen LogP contribution is -2.37.